The van der Waals surface area contributed by atoms with Gasteiger partial charge in [0, 0.05) is 6.07 Å². The maximum atomic E-state index is 12.8. The number of anilines is 1. The molecule has 1 aliphatic rings. The van der Waals surface area contributed by atoms with E-state index in [4.69, 9.17) is 11.6 Å². The molecule has 1 aliphatic carbocycles. The molecule has 1 heterocycles. The molecular weight excluding hydrogens is 371 g/mol. The van der Waals surface area contributed by atoms with Crippen molar-refractivity contribution < 1.29 is 18.0 Å². The summed E-state index contributed by atoms with van der Waals surface area (Å²) in [5.74, 6) is -0.684. The fourth-order valence-electron chi connectivity index (χ4n) is 2.84. The van der Waals surface area contributed by atoms with Gasteiger partial charge in [0.25, 0.3) is 5.56 Å². The summed E-state index contributed by atoms with van der Waals surface area (Å²) < 4.78 is 39.4. The monoisotopic (exact) mass is 385 g/mol. The summed E-state index contributed by atoms with van der Waals surface area (Å²) >= 11 is 5.85. The van der Waals surface area contributed by atoms with Crippen LogP contribution >= 0.6 is 11.6 Å². The van der Waals surface area contributed by atoms with Crippen LogP contribution < -0.4 is 10.9 Å². The van der Waals surface area contributed by atoms with Crippen molar-refractivity contribution in [1.82, 2.24) is 9.78 Å². The van der Waals surface area contributed by atoms with E-state index in [1.165, 1.54) is 6.07 Å². The van der Waals surface area contributed by atoms with E-state index in [1.54, 1.807) is 0 Å². The number of hydrogen-bond acceptors (Lipinski definition) is 3. The summed E-state index contributed by atoms with van der Waals surface area (Å²) in [6.45, 7) is -0.404. The minimum atomic E-state index is -4.55. The quantitative estimate of drug-likeness (QED) is 0.880. The number of rotatable bonds is 3. The minimum Gasteiger partial charge on any atom is -0.323 e. The van der Waals surface area contributed by atoms with E-state index in [9.17, 15) is 22.8 Å². The number of nitrogens with one attached hydrogen (secondary N) is 1. The maximum absolute atomic E-state index is 12.8. The molecule has 1 N–H and O–H groups in total. The van der Waals surface area contributed by atoms with Gasteiger partial charge in [-0.15, -0.1) is 0 Å². The lowest BCUT2D eigenvalue weighted by Crippen LogP contribution is -2.31. The third kappa shape index (κ3) is 4.07. The van der Waals surface area contributed by atoms with Crippen LogP contribution in [0.15, 0.2) is 29.1 Å². The van der Waals surface area contributed by atoms with E-state index in [-0.39, 0.29) is 10.7 Å². The van der Waals surface area contributed by atoms with Crippen LogP contribution in [0.25, 0.3) is 0 Å². The van der Waals surface area contributed by atoms with Gasteiger partial charge >= 0.3 is 6.18 Å². The van der Waals surface area contributed by atoms with Crippen molar-refractivity contribution in [3.05, 3.63) is 56.5 Å². The zero-order valence-electron chi connectivity index (χ0n) is 13.6. The maximum Gasteiger partial charge on any atom is 0.416 e. The Hall–Kier alpha value is -2.35. The lowest BCUT2D eigenvalue weighted by atomic mass is 9.97. The molecule has 0 unspecified atom stereocenters. The van der Waals surface area contributed by atoms with Crippen molar-refractivity contribution in [2.75, 3.05) is 5.32 Å². The van der Waals surface area contributed by atoms with Gasteiger partial charge in [0.15, 0.2) is 0 Å². The van der Waals surface area contributed by atoms with E-state index in [0.717, 1.165) is 59.8 Å². The highest BCUT2D eigenvalue weighted by molar-refractivity contribution is 6.33. The molecule has 9 heteroatoms. The van der Waals surface area contributed by atoms with Gasteiger partial charge in [-0.05, 0) is 49.4 Å². The second-order valence-electron chi connectivity index (χ2n) is 6.06. The zero-order chi connectivity index (χ0) is 18.9. The average molecular weight is 386 g/mol. The normalized spacial score (nSPS) is 14.0. The van der Waals surface area contributed by atoms with Crippen LogP contribution in [0.4, 0.5) is 18.9 Å². The Morgan fingerprint density at radius 2 is 1.96 bits per heavy atom. The van der Waals surface area contributed by atoms with Gasteiger partial charge in [0.05, 0.1) is 22.0 Å². The highest BCUT2D eigenvalue weighted by Gasteiger charge is 2.31. The number of carbonyl (C=O) groups excluding carboxylic acids is 1. The Balaban J connectivity index is 1.79. The Kier molecular flexibility index (Phi) is 5.04. The van der Waals surface area contributed by atoms with Gasteiger partial charge in [-0.2, -0.15) is 18.3 Å². The van der Waals surface area contributed by atoms with Crippen molar-refractivity contribution in [2.45, 2.75) is 38.4 Å². The number of fused-ring (bicyclic) bond motifs is 1. The Bertz CT molecular complexity index is 909. The van der Waals surface area contributed by atoms with Gasteiger partial charge in [-0.25, -0.2) is 4.68 Å². The number of alkyl halides is 3. The van der Waals surface area contributed by atoms with Gasteiger partial charge in [0.1, 0.15) is 6.54 Å². The SMILES string of the molecule is O=C(Cn1nc2c(cc1=O)CCCC2)Nc1cc(C(F)(F)F)ccc1Cl. The van der Waals surface area contributed by atoms with Crippen LogP contribution in [0, 0.1) is 0 Å². The number of hydrogen-bond donors (Lipinski definition) is 1. The predicted molar refractivity (Wildman–Crippen MR) is 90.2 cm³/mol. The first-order valence-corrected chi connectivity index (χ1v) is 8.38. The second-order valence-corrected chi connectivity index (χ2v) is 6.47. The van der Waals surface area contributed by atoms with Crippen molar-refractivity contribution in [3.63, 3.8) is 0 Å². The molecule has 0 bridgehead atoms. The number of benzene rings is 1. The molecule has 138 valence electrons. The van der Waals surface area contributed by atoms with Crippen molar-refractivity contribution in [3.8, 4) is 0 Å². The topological polar surface area (TPSA) is 64.0 Å². The molecule has 1 amide bonds. The van der Waals surface area contributed by atoms with Crippen molar-refractivity contribution >= 4 is 23.2 Å². The minimum absolute atomic E-state index is 0.0305. The van der Waals surface area contributed by atoms with E-state index in [1.807, 2.05) is 0 Å². The highest BCUT2D eigenvalue weighted by Crippen LogP contribution is 2.33. The molecular formula is C17H15ClF3N3O2. The summed E-state index contributed by atoms with van der Waals surface area (Å²) in [6.07, 6.45) is -1.08. The molecule has 0 saturated carbocycles. The molecule has 0 aliphatic heterocycles. The highest BCUT2D eigenvalue weighted by atomic mass is 35.5. The second kappa shape index (κ2) is 7.11. The standard InChI is InChI=1S/C17H15ClF3N3O2/c18-12-6-5-11(17(19,20)21)8-14(12)22-15(25)9-24-16(26)7-10-3-1-2-4-13(10)23-24/h5-8H,1-4,9H2,(H,22,25). The molecule has 0 spiro atoms. The van der Waals surface area contributed by atoms with Crippen LogP contribution in [0.1, 0.15) is 29.7 Å². The lowest BCUT2D eigenvalue weighted by molar-refractivity contribution is -0.137. The molecule has 0 saturated heterocycles. The average Bonchev–Trinajstić information content (AvgIpc) is 2.56. The Morgan fingerprint density at radius 1 is 1.23 bits per heavy atom. The number of amides is 1. The molecule has 0 fully saturated rings. The fraction of sp³-hybridized carbons (Fsp3) is 0.353. The first-order chi connectivity index (χ1) is 12.2. The summed E-state index contributed by atoms with van der Waals surface area (Å²) in [6, 6.07) is 4.10. The molecule has 0 radical (unpaired) electrons. The first-order valence-electron chi connectivity index (χ1n) is 8.00. The van der Waals surface area contributed by atoms with Gasteiger partial charge in [-0.1, -0.05) is 11.6 Å². The number of aromatic nitrogens is 2. The summed E-state index contributed by atoms with van der Waals surface area (Å²) in [5, 5.41) is 6.48. The van der Waals surface area contributed by atoms with E-state index in [0.29, 0.717) is 0 Å². The lowest BCUT2D eigenvalue weighted by Gasteiger charge is -2.16. The number of halogens is 4. The number of nitrogens with zero attached hydrogens (tertiary/aromatic N) is 2. The van der Waals surface area contributed by atoms with Gasteiger partial charge < -0.3 is 5.32 Å². The largest absolute Gasteiger partial charge is 0.416 e. The Labute approximate surface area is 151 Å². The van der Waals surface area contributed by atoms with Gasteiger partial charge in [0.2, 0.25) is 5.91 Å². The molecule has 1 aromatic carbocycles. The van der Waals surface area contributed by atoms with E-state index in [2.05, 4.69) is 10.4 Å². The number of aryl methyl sites for hydroxylation is 2. The Morgan fingerprint density at radius 3 is 2.69 bits per heavy atom. The van der Waals surface area contributed by atoms with Crippen LogP contribution in [0.3, 0.4) is 0 Å². The molecule has 5 nitrogen and oxygen atoms in total. The van der Waals surface area contributed by atoms with Crippen molar-refractivity contribution in [1.29, 1.82) is 0 Å². The molecule has 2 aromatic rings. The van der Waals surface area contributed by atoms with Crippen LogP contribution in [-0.4, -0.2) is 15.7 Å². The van der Waals surface area contributed by atoms with E-state index >= 15 is 0 Å². The summed E-state index contributed by atoms with van der Waals surface area (Å²) in [4.78, 5) is 24.2. The van der Waals surface area contributed by atoms with Crippen LogP contribution in [-0.2, 0) is 30.4 Å². The zero-order valence-corrected chi connectivity index (χ0v) is 14.3. The molecule has 3 rings (SSSR count). The van der Waals surface area contributed by atoms with Crippen LogP contribution in [0.5, 0.6) is 0 Å². The summed E-state index contributed by atoms with van der Waals surface area (Å²) in [5.41, 5.74) is 0.147. The third-order valence-electron chi connectivity index (χ3n) is 4.14. The van der Waals surface area contributed by atoms with Crippen LogP contribution in [0.2, 0.25) is 5.02 Å². The summed E-state index contributed by atoms with van der Waals surface area (Å²) in [7, 11) is 0. The molecule has 1 aromatic heterocycles. The first kappa shape index (κ1) is 18.4. The van der Waals surface area contributed by atoms with Gasteiger partial charge in [-0.3, -0.25) is 9.59 Å². The smallest absolute Gasteiger partial charge is 0.323 e. The van der Waals surface area contributed by atoms with Crippen molar-refractivity contribution in [2.24, 2.45) is 0 Å². The third-order valence-corrected chi connectivity index (χ3v) is 4.46. The van der Waals surface area contributed by atoms with E-state index < -0.39 is 29.8 Å². The number of carbonyl (C=O) groups is 1. The molecule has 26 heavy (non-hydrogen) atoms. The molecule has 0 atom stereocenters. The fourth-order valence-corrected chi connectivity index (χ4v) is 3.00. The predicted octanol–water partition coefficient (Wildman–Crippen LogP) is 3.43.